The van der Waals surface area contributed by atoms with E-state index < -0.39 is 0 Å². The molecule has 0 fully saturated rings. The van der Waals surface area contributed by atoms with Crippen LogP contribution >= 0.6 is 0 Å². The summed E-state index contributed by atoms with van der Waals surface area (Å²) in [5.74, 6) is 0. The molecule has 0 aliphatic heterocycles. The van der Waals surface area contributed by atoms with Gasteiger partial charge in [-0.1, -0.05) is 71.1 Å². The predicted octanol–water partition coefficient (Wildman–Crippen LogP) is 3.80. The maximum absolute atomic E-state index is 5.35. The Hall–Kier alpha value is -0.0800. The van der Waals surface area contributed by atoms with E-state index in [-0.39, 0.29) is 0 Å². The second-order valence-corrected chi connectivity index (χ2v) is 4.74. The second-order valence-electron chi connectivity index (χ2n) is 4.74. The zero-order chi connectivity index (χ0) is 11.9. The quantitative estimate of drug-likeness (QED) is 0.372. The molecule has 0 amide bonds. The van der Waals surface area contributed by atoms with E-state index in [0.29, 0.717) is 6.67 Å². The van der Waals surface area contributed by atoms with Gasteiger partial charge in [0.2, 0.25) is 0 Å². The molecular formula is C14H32N2. The van der Waals surface area contributed by atoms with Gasteiger partial charge >= 0.3 is 0 Å². The summed E-state index contributed by atoms with van der Waals surface area (Å²) >= 11 is 0. The zero-order valence-electron chi connectivity index (χ0n) is 11.3. The van der Waals surface area contributed by atoms with Crippen LogP contribution in [0.3, 0.4) is 0 Å². The van der Waals surface area contributed by atoms with Crippen molar-refractivity contribution in [1.82, 2.24) is 5.32 Å². The van der Waals surface area contributed by atoms with Gasteiger partial charge in [0.15, 0.2) is 0 Å². The highest BCUT2D eigenvalue weighted by molar-refractivity contribution is 4.49. The van der Waals surface area contributed by atoms with Crippen LogP contribution in [-0.2, 0) is 0 Å². The van der Waals surface area contributed by atoms with Gasteiger partial charge in [0, 0.05) is 6.67 Å². The lowest BCUT2D eigenvalue weighted by Crippen LogP contribution is -2.23. The molecule has 0 rings (SSSR count). The topological polar surface area (TPSA) is 38.0 Å². The summed E-state index contributed by atoms with van der Waals surface area (Å²) in [6.07, 6.45) is 15.5. The molecule has 0 bridgehead atoms. The van der Waals surface area contributed by atoms with E-state index in [2.05, 4.69) is 12.2 Å². The molecule has 98 valence electrons. The molecule has 0 radical (unpaired) electrons. The van der Waals surface area contributed by atoms with Crippen LogP contribution < -0.4 is 11.1 Å². The van der Waals surface area contributed by atoms with Crippen molar-refractivity contribution in [3.05, 3.63) is 0 Å². The van der Waals surface area contributed by atoms with Gasteiger partial charge < -0.3 is 11.1 Å². The van der Waals surface area contributed by atoms with E-state index in [1.54, 1.807) is 0 Å². The second kappa shape index (κ2) is 14.9. The van der Waals surface area contributed by atoms with E-state index >= 15 is 0 Å². The van der Waals surface area contributed by atoms with Crippen LogP contribution in [0.4, 0.5) is 0 Å². The SMILES string of the molecule is CCCCCCCCCCCCCNCN. The van der Waals surface area contributed by atoms with Crippen LogP contribution in [0.25, 0.3) is 0 Å². The van der Waals surface area contributed by atoms with Crippen LogP contribution in [0.15, 0.2) is 0 Å². The first kappa shape index (κ1) is 15.9. The van der Waals surface area contributed by atoms with E-state index in [4.69, 9.17) is 5.73 Å². The third-order valence-corrected chi connectivity index (χ3v) is 3.10. The van der Waals surface area contributed by atoms with E-state index in [1.165, 1.54) is 70.6 Å². The van der Waals surface area contributed by atoms with Crippen molar-refractivity contribution in [1.29, 1.82) is 0 Å². The monoisotopic (exact) mass is 228 g/mol. The van der Waals surface area contributed by atoms with Gasteiger partial charge in [-0.3, -0.25) is 0 Å². The average molecular weight is 228 g/mol. The Morgan fingerprint density at radius 3 is 1.56 bits per heavy atom. The maximum atomic E-state index is 5.35. The summed E-state index contributed by atoms with van der Waals surface area (Å²) < 4.78 is 0. The molecule has 0 saturated heterocycles. The number of nitrogens with one attached hydrogen (secondary N) is 1. The molecule has 0 atom stereocenters. The number of rotatable bonds is 13. The molecule has 0 saturated carbocycles. The Morgan fingerprint density at radius 2 is 1.12 bits per heavy atom. The van der Waals surface area contributed by atoms with Crippen molar-refractivity contribution >= 4 is 0 Å². The number of unbranched alkanes of at least 4 members (excludes halogenated alkanes) is 10. The first-order valence-electron chi connectivity index (χ1n) is 7.32. The Balaban J connectivity index is 2.83. The van der Waals surface area contributed by atoms with Crippen molar-refractivity contribution in [2.45, 2.75) is 77.6 Å². The van der Waals surface area contributed by atoms with E-state index in [9.17, 15) is 0 Å². The summed E-state index contributed by atoms with van der Waals surface area (Å²) in [7, 11) is 0. The number of hydrogen-bond donors (Lipinski definition) is 2. The van der Waals surface area contributed by atoms with Crippen LogP contribution in [0, 0.1) is 0 Å². The van der Waals surface area contributed by atoms with Gasteiger partial charge in [-0.2, -0.15) is 0 Å². The normalized spacial score (nSPS) is 10.9. The lowest BCUT2D eigenvalue weighted by molar-refractivity contribution is 0.541. The largest absolute Gasteiger partial charge is 0.318 e. The summed E-state index contributed by atoms with van der Waals surface area (Å²) in [5.41, 5.74) is 5.35. The minimum Gasteiger partial charge on any atom is -0.318 e. The van der Waals surface area contributed by atoms with Gasteiger partial charge in [0.25, 0.3) is 0 Å². The molecule has 0 aromatic rings. The highest BCUT2D eigenvalue weighted by Crippen LogP contribution is 2.10. The lowest BCUT2D eigenvalue weighted by atomic mass is 10.1. The first-order valence-corrected chi connectivity index (χ1v) is 7.32. The molecule has 16 heavy (non-hydrogen) atoms. The van der Waals surface area contributed by atoms with Crippen LogP contribution in [0.5, 0.6) is 0 Å². The van der Waals surface area contributed by atoms with Gasteiger partial charge in [0.1, 0.15) is 0 Å². The highest BCUT2D eigenvalue weighted by atomic mass is 14.9. The maximum Gasteiger partial charge on any atom is 0.0428 e. The van der Waals surface area contributed by atoms with Crippen LogP contribution in [0.1, 0.15) is 77.6 Å². The summed E-state index contributed by atoms with van der Waals surface area (Å²) in [6.45, 7) is 3.99. The minimum absolute atomic E-state index is 0.623. The highest BCUT2D eigenvalue weighted by Gasteiger charge is 1.92. The predicted molar refractivity (Wildman–Crippen MR) is 73.5 cm³/mol. The van der Waals surface area contributed by atoms with Gasteiger partial charge in [-0.25, -0.2) is 0 Å². The number of nitrogens with two attached hydrogens (primary N) is 1. The molecule has 0 heterocycles. The lowest BCUT2D eigenvalue weighted by Gasteiger charge is -2.03. The Bertz CT molecular complexity index is 101. The van der Waals surface area contributed by atoms with Crippen LogP contribution in [0.2, 0.25) is 0 Å². The Labute approximate surface area is 102 Å². The molecule has 0 spiro atoms. The van der Waals surface area contributed by atoms with Crippen molar-refractivity contribution < 1.29 is 0 Å². The molecule has 0 aliphatic rings. The first-order chi connectivity index (χ1) is 7.91. The van der Waals surface area contributed by atoms with Crippen molar-refractivity contribution in [3.63, 3.8) is 0 Å². The van der Waals surface area contributed by atoms with Gasteiger partial charge in [-0.15, -0.1) is 0 Å². The summed E-state index contributed by atoms with van der Waals surface area (Å²) in [5, 5.41) is 3.16. The van der Waals surface area contributed by atoms with Crippen molar-refractivity contribution in [2.24, 2.45) is 5.73 Å². The zero-order valence-corrected chi connectivity index (χ0v) is 11.3. The van der Waals surface area contributed by atoms with Crippen molar-refractivity contribution in [2.75, 3.05) is 13.2 Å². The molecule has 0 unspecified atom stereocenters. The van der Waals surface area contributed by atoms with Crippen LogP contribution in [-0.4, -0.2) is 13.2 Å². The van der Waals surface area contributed by atoms with E-state index in [1.807, 2.05) is 0 Å². The fourth-order valence-corrected chi connectivity index (χ4v) is 2.02. The molecule has 2 nitrogen and oxygen atoms in total. The standard InChI is InChI=1S/C14H32N2/c1-2-3-4-5-6-7-8-9-10-11-12-13-16-14-15/h16H,2-15H2,1H3. The molecular weight excluding hydrogens is 196 g/mol. The fourth-order valence-electron chi connectivity index (χ4n) is 2.02. The van der Waals surface area contributed by atoms with Gasteiger partial charge in [-0.05, 0) is 13.0 Å². The summed E-state index contributed by atoms with van der Waals surface area (Å²) in [6, 6.07) is 0. The minimum atomic E-state index is 0.623. The summed E-state index contributed by atoms with van der Waals surface area (Å²) in [4.78, 5) is 0. The van der Waals surface area contributed by atoms with Gasteiger partial charge in [0.05, 0.1) is 0 Å². The fraction of sp³-hybridized carbons (Fsp3) is 1.00. The van der Waals surface area contributed by atoms with E-state index in [0.717, 1.165) is 6.54 Å². The molecule has 0 aromatic heterocycles. The Morgan fingerprint density at radius 1 is 0.688 bits per heavy atom. The average Bonchev–Trinajstić information content (AvgIpc) is 2.31. The number of hydrogen-bond acceptors (Lipinski definition) is 2. The third-order valence-electron chi connectivity index (χ3n) is 3.10. The molecule has 0 aromatic carbocycles. The molecule has 2 heteroatoms. The Kier molecular flexibility index (Phi) is 14.8. The van der Waals surface area contributed by atoms with Crippen molar-refractivity contribution in [3.8, 4) is 0 Å². The molecule has 0 aliphatic carbocycles. The smallest absolute Gasteiger partial charge is 0.0428 e. The molecule has 3 N–H and O–H groups in total. The third kappa shape index (κ3) is 13.9.